The van der Waals surface area contributed by atoms with E-state index in [-0.39, 0.29) is 11.3 Å². The number of nitrogens with two attached hydrogens (primary N) is 1. The second-order valence-electron chi connectivity index (χ2n) is 4.42. The highest BCUT2D eigenvalue weighted by Gasteiger charge is 2.42. The first kappa shape index (κ1) is 11.6. The van der Waals surface area contributed by atoms with E-state index in [9.17, 15) is 4.79 Å². The van der Waals surface area contributed by atoms with Gasteiger partial charge in [-0.25, -0.2) is 0 Å². The normalized spacial score (nSPS) is 17.8. The standard InChI is InChI=1S/C12H18N2OS/c13-9-12(5-2-6-12)11(15)14-7-4-10-3-1-8-16-10/h1,3,8H,2,4-7,9,13H2,(H,14,15). The van der Waals surface area contributed by atoms with E-state index in [1.807, 2.05) is 6.07 Å². The molecule has 0 unspecified atom stereocenters. The van der Waals surface area contributed by atoms with Gasteiger partial charge >= 0.3 is 0 Å². The molecule has 16 heavy (non-hydrogen) atoms. The Morgan fingerprint density at radius 3 is 2.88 bits per heavy atom. The number of rotatable bonds is 5. The van der Waals surface area contributed by atoms with Gasteiger partial charge in [0.25, 0.3) is 0 Å². The van der Waals surface area contributed by atoms with Gasteiger partial charge in [-0.15, -0.1) is 11.3 Å². The third-order valence-electron chi connectivity index (χ3n) is 3.42. The molecule has 0 aromatic carbocycles. The number of amides is 1. The number of carbonyl (C=O) groups excluding carboxylic acids is 1. The monoisotopic (exact) mass is 238 g/mol. The van der Waals surface area contributed by atoms with Gasteiger partial charge in [0, 0.05) is 18.0 Å². The molecule has 0 saturated heterocycles. The summed E-state index contributed by atoms with van der Waals surface area (Å²) in [4.78, 5) is 13.2. The van der Waals surface area contributed by atoms with Gasteiger partial charge in [0.2, 0.25) is 5.91 Å². The van der Waals surface area contributed by atoms with Crippen LogP contribution in [0.25, 0.3) is 0 Å². The zero-order valence-corrected chi connectivity index (χ0v) is 10.2. The molecule has 1 heterocycles. The molecular formula is C12H18N2OS. The number of thiophene rings is 1. The van der Waals surface area contributed by atoms with E-state index < -0.39 is 0 Å². The lowest BCUT2D eigenvalue weighted by molar-refractivity contribution is -0.135. The fourth-order valence-electron chi connectivity index (χ4n) is 2.07. The maximum Gasteiger partial charge on any atom is 0.227 e. The van der Waals surface area contributed by atoms with Crippen LogP contribution in [0.1, 0.15) is 24.1 Å². The zero-order chi connectivity index (χ0) is 11.4. The van der Waals surface area contributed by atoms with E-state index in [1.165, 1.54) is 4.88 Å². The van der Waals surface area contributed by atoms with E-state index in [1.54, 1.807) is 11.3 Å². The molecule has 1 aliphatic rings. The van der Waals surface area contributed by atoms with Crippen LogP contribution in [0.4, 0.5) is 0 Å². The minimum Gasteiger partial charge on any atom is -0.355 e. The molecule has 3 N–H and O–H groups in total. The van der Waals surface area contributed by atoms with Crippen molar-refractivity contribution in [1.29, 1.82) is 0 Å². The van der Waals surface area contributed by atoms with Gasteiger partial charge in [0.05, 0.1) is 5.41 Å². The lowest BCUT2D eigenvalue weighted by Gasteiger charge is -2.39. The molecule has 1 aromatic rings. The van der Waals surface area contributed by atoms with E-state index >= 15 is 0 Å². The Kier molecular flexibility index (Phi) is 3.61. The van der Waals surface area contributed by atoms with E-state index in [4.69, 9.17) is 5.73 Å². The third kappa shape index (κ3) is 2.28. The quantitative estimate of drug-likeness (QED) is 0.817. The first-order valence-electron chi connectivity index (χ1n) is 5.78. The van der Waals surface area contributed by atoms with Crippen molar-refractivity contribution in [3.63, 3.8) is 0 Å². The van der Waals surface area contributed by atoms with Crippen LogP contribution in [0, 0.1) is 5.41 Å². The Morgan fingerprint density at radius 1 is 1.56 bits per heavy atom. The average molecular weight is 238 g/mol. The zero-order valence-electron chi connectivity index (χ0n) is 9.37. The molecule has 1 saturated carbocycles. The Bertz CT molecular complexity index is 338. The van der Waals surface area contributed by atoms with Crippen LogP contribution in [-0.4, -0.2) is 19.0 Å². The molecular weight excluding hydrogens is 220 g/mol. The lowest BCUT2D eigenvalue weighted by Crippen LogP contribution is -2.50. The largest absolute Gasteiger partial charge is 0.355 e. The highest BCUT2D eigenvalue weighted by molar-refractivity contribution is 7.09. The first-order chi connectivity index (χ1) is 7.77. The first-order valence-corrected chi connectivity index (χ1v) is 6.65. The molecule has 3 nitrogen and oxygen atoms in total. The second kappa shape index (κ2) is 4.97. The van der Waals surface area contributed by atoms with Crippen molar-refractivity contribution in [3.05, 3.63) is 22.4 Å². The van der Waals surface area contributed by atoms with Crippen molar-refractivity contribution in [3.8, 4) is 0 Å². The lowest BCUT2D eigenvalue weighted by atomic mass is 9.68. The van der Waals surface area contributed by atoms with Crippen LogP contribution in [0.2, 0.25) is 0 Å². The Labute approximate surface area is 100 Å². The summed E-state index contributed by atoms with van der Waals surface area (Å²) < 4.78 is 0. The van der Waals surface area contributed by atoms with Gasteiger partial charge in [-0.05, 0) is 30.7 Å². The summed E-state index contributed by atoms with van der Waals surface area (Å²) in [6.45, 7) is 1.21. The highest BCUT2D eigenvalue weighted by atomic mass is 32.1. The van der Waals surface area contributed by atoms with Crippen LogP contribution in [0.15, 0.2) is 17.5 Å². The fourth-order valence-corrected chi connectivity index (χ4v) is 2.78. The predicted molar refractivity (Wildman–Crippen MR) is 66.4 cm³/mol. The van der Waals surface area contributed by atoms with Crippen LogP contribution in [0.3, 0.4) is 0 Å². The van der Waals surface area contributed by atoms with Gasteiger partial charge in [-0.3, -0.25) is 4.79 Å². The third-order valence-corrected chi connectivity index (χ3v) is 4.36. The van der Waals surface area contributed by atoms with Gasteiger partial charge in [0.15, 0.2) is 0 Å². The van der Waals surface area contributed by atoms with E-state index in [2.05, 4.69) is 16.8 Å². The number of carbonyl (C=O) groups is 1. The summed E-state index contributed by atoms with van der Waals surface area (Å²) in [6, 6.07) is 4.13. The molecule has 88 valence electrons. The van der Waals surface area contributed by atoms with Crippen molar-refractivity contribution in [2.24, 2.45) is 11.1 Å². The molecule has 1 fully saturated rings. The summed E-state index contributed by atoms with van der Waals surface area (Å²) >= 11 is 1.73. The van der Waals surface area contributed by atoms with Gasteiger partial charge in [-0.1, -0.05) is 12.5 Å². The van der Waals surface area contributed by atoms with Crippen molar-refractivity contribution >= 4 is 17.2 Å². The number of hydrogen-bond acceptors (Lipinski definition) is 3. The van der Waals surface area contributed by atoms with E-state index in [0.29, 0.717) is 6.54 Å². The molecule has 1 aliphatic carbocycles. The SMILES string of the molecule is NCC1(C(=O)NCCc2cccs2)CCC1. The van der Waals surface area contributed by atoms with Crippen LogP contribution in [0.5, 0.6) is 0 Å². The van der Waals surface area contributed by atoms with Gasteiger partial charge in [-0.2, -0.15) is 0 Å². The number of hydrogen-bond donors (Lipinski definition) is 2. The molecule has 0 aliphatic heterocycles. The maximum absolute atomic E-state index is 11.9. The summed E-state index contributed by atoms with van der Waals surface area (Å²) in [7, 11) is 0. The molecule has 0 radical (unpaired) electrons. The topological polar surface area (TPSA) is 55.1 Å². The Balaban J connectivity index is 1.75. The maximum atomic E-state index is 11.9. The highest BCUT2D eigenvalue weighted by Crippen LogP contribution is 2.39. The second-order valence-corrected chi connectivity index (χ2v) is 5.46. The number of nitrogens with one attached hydrogen (secondary N) is 1. The fraction of sp³-hybridized carbons (Fsp3) is 0.583. The average Bonchev–Trinajstić information content (AvgIpc) is 2.70. The van der Waals surface area contributed by atoms with Crippen molar-refractivity contribution in [2.75, 3.05) is 13.1 Å². The minimum absolute atomic E-state index is 0.151. The van der Waals surface area contributed by atoms with Crippen molar-refractivity contribution < 1.29 is 4.79 Å². The molecule has 0 spiro atoms. The van der Waals surface area contributed by atoms with Crippen LogP contribution < -0.4 is 11.1 Å². The Hall–Kier alpha value is -0.870. The van der Waals surface area contributed by atoms with Crippen molar-refractivity contribution in [2.45, 2.75) is 25.7 Å². The molecule has 0 atom stereocenters. The van der Waals surface area contributed by atoms with Gasteiger partial charge in [0.1, 0.15) is 0 Å². The summed E-state index contributed by atoms with van der Waals surface area (Å²) in [6.07, 6.45) is 3.96. The summed E-state index contributed by atoms with van der Waals surface area (Å²) in [5.74, 6) is 0.151. The smallest absolute Gasteiger partial charge is 0.227 e. The molecule has 2 rings (SSSR count). The molecule has 4 heteroatoms. The predicted octanol–water partition coefficient (Wildman–Crippen LogP) is 1.54. The summed E-state index contributed by atoms with van der Waals surface area (Å²) in [5.41, 5.74) is 5.44. The van der Waals surface area contributed by atoms with Gasteiger partial charge < -0.3 is 11.1 Å². The molecule has 1 aromatic heterocycles. The Morgan fingerprint density at radius 2 is 2.38 bits per heavy atom. The minimum atomic E-state index is -0.241. The van der Waals surface area contributed by atoms with E-state index in [0.717, 1.165) is 32.2 Å². The molecule has 1 amide bonds. The van der Waals surface area contributed by atoms with Crippen molar-refractivity contribution in [1.82, 2.24) is 5.32 Å². The summed E-state index contributed by atoms with van der Waals surface area (Å²) in [5, 5.41) is 5.06. The van der Waals surface area contributed by atoms with Crippen LogP contribution >= 0.6 is 11.3 Å². The molecule has 0 bridgehead atoms. The van der Waals surface area contributed by atoms with Crippen LogP contribution in [-0.2, 0) is 11.2 Å².